The summed E-state index contributed by atoms with van der Waals surface area (Å²) in [5.41, 5.74) is 4.40. The predicted octanol–water partition coefficient (Wildman–Crippen LogP) is 3.51. The van der Waals surface area contributed by atoms with Gasteiger partial charge in [0.1, 0.15) is 0 Å². The van der Waals surface area contributed by atoms with Gasteiger partial charge in [0.2, 0.25) is 0 Å². The summed E-state index contributed by atoms with van der Waals surface area (Å²) < 4.78 is 37.6. The number of hydrogen-bond donors (Lipinski definition) is 1. The summed E-state index contributed by atoms with van der Waals surface area (Å²) in [5.74, 6) is 0. The van der Waals surface area contributed by atoms with Gasteiger partial charge in [-0.25, -0.2) is 0 Å². The van der Waals surface area contributed by atoms with Crippen molar-refractivity contribution in [3.63, 3.8) is 0 Å². The zero-order chi connectivity index (χ0) is 11.6. The molecule has 0 radical (unpaired) electrons. The van der Waals surface area contributed by atoms with Gasteiger partial charge in [-0.2, -0.15) is 13.2 Å². The Kier molecular flexibility index (Phi) is 3.87. The smallest absolute Gasteiger partial charge is 0.330 e. The summed E-state index contributed by atoms with van der Waals surface area (Å²) in [4.78, 5) is 0. The van der Waals surface area contributed by atoms with Gasteiger partial charge in [-0.05, 0) is 30.7 Å². The molecule has 0 amide bonds. The summed E-state index contributed by atoms with van der Waals surface area (Å²) in [6, 6.07) is 2.05. The van der Waals surface area contributed by atoms with Gasteiger partial charge in [0, 0.05) is 0 Å². The van der Waals surface area contributed by atoms with E-state index in [0.29, 0.717) is 0 Å². The lowest BCUT2D eigenvalue weighted by atomic mass is 10.0. The molecular weight excluding hydrogens is 250 g/mol. The first-order valence-corrected chi connectivity index (χ1v) is 4.87. The van der Waals surface area contributed by atoms with Gasteiger partial charge in [-0.3, -0.25) is 0 Å². The minimum atomic E-state index is -4.43. The van der Waals surface area contributed by atoms with E-state index in [-0.39, 0.29) is 28.6 Å². The molecule has 1 nitrogen and oxygen atoms in total. The van der Waals surface area contributed by atoms with E-state index >= 15 is 0 Å². The largest absolute Gasteiger partial charge is 0.416 e. The molecule has 0 aliphatic carbocycles. The molecule has 1 rings (SSSR count). The van der Waals surface area contributed by atoms with Crippen molar-refractivity contribution in [2.24, 2.45) is 5.73 Å². The van der Waals surface area contributed by atoms with Gasteiger partial charge in [0.25, 0.3) is 0 Å². The molecule has 6 heteroatoms. The quantitative estimate of drug-likeness (QED) is 0.862. The highest BCUT2D eigenvalue weighted by atomic mass is 35.5. The predicted molar refractivity (Wildman–Crippen MR) is 54.2 cm³/mol. The second kappa shape index (κ2) is 4.60. The van der Waals surface area contributed by atoms with Crippen molar-refractivity contribution in [1.29, 1.82) is 0 Å². The first-order valence-electron chi connectivity index (χ1n) is 4.12. The van der Waals surface area contributed by atoms with Crippen LogP contribution in [0.4, 0.5) is 13.2 Å². The van der Waals surface area contributed by atoms with Gasteiger partial charge in [-0.15, -0.1) is 0 Å². The lowest BCUT2D eigenvalue weighted by Crippen LogP contribution is -2.13. The number of hydrogen-bond acceptors (Lipinski definition) is 1. The van der Waals surface area contributed by atoms with Crippen molar-refractivity contribution in [2.45, 2.75) is 12.6 Å². The number of halogens is 5. The third-order valence-corrected chi connectivity index (χ3v) is 2.74. The highest BCUT2D eigenvalue weighted by molar-refractivity contribution is 6.42. The molecule has 84 valence electrons. The van der Waals surface area contributed by atoms with Crippen molar-refractivity contribution >= 4 is 23.2 Å². The Bertz CT molecular complexity index is 363. The molecule has 0 heterocycles. The van der Waals surface area contributed by atoms with E-state index in [1.165, 1.54) is 0 Å². The van der Waals surface area contributed by atoms with Crippen LogP contribution in [-0.2, 0) is 12.6 Å². The summed E-state index contributed by atoms with van der Waals surface area (Å²) in [6.07, 6.45) is -4.38. The summed E-state index contributed by atoms with van der Waals surface area (Å²) in [5, 5.41) is 0.0325. The Hall–Kier alpha value is -0.450. The van der Waals surface area contributed by atoms with E-state index < -0.39 is 11.7 Å². The molecular formula is C9H8Cl2F3N. The van der Waals surface area contributed by atoms with Crippen LogP contribution in [-0.4, -0.2) is 6.54 Å². The van der Waals surface area contributed by atoms with Crippen LogP contribution in [0.3, 0.4) is 0 Å². The van der Waals surface area contributed by atoms with Crippen LogP contribution in [0.1, 0.15) is 11.1 Å². The summed E-state index contributed by atoms with van der Waals surface area (Å²) in [7, 11) is 0. The molecule has 1 aromatic rings. The average molecular weight is 258 g/mol. The molecule has 0 unspecified atom stereocenters. The molecule has 1 aromatic carbocycles. The third kappa shape index (κ3) is 2.77. The van der Waals surface area contributed by atoms with E-state index in [2.05, 4.69) is 0 Å². The monoisotopic (exact) mass is 257 g/mol. The number of nitrogens with two attached hydrogens (primary N) is 1. The van der Waals surface area contributed by atoms with Crippen LogP contribution in [0.25, 0.3) is 0 Å². The van der Waals surface area contributed by atoms with Crippen molar-refractivity contribution in [3.05, 3.63) is 33.3 Å². The van der Waals surface area contributed by atoms with Crippen LogP contribution in [0, 0.1) is 0 Å². The fourth-order valence-corrected chi connectivity index (χ4v) is 1.68. The maximum Gasteiger partial charge on any atom is 0.416 e. The molecule has 0 atom stereocenters. The number of benzene rings is 1. The Morgan fingerprint density at radius 2 is 1.80 bits per heavy atom. The minimum absolute atomic E-state index is 0.0424. The highest BCUT2D eigenvalue weighted by Crippen LogP contribution is 2.38. The lowest BCUT2D eigenvalue weighted by molar-refractivity contribution is -0.138. The van der Waals surface area contributed by atoms with Crippen molar-refractivity contribution < 1.29 is 13.2 Å². The van der Waals surface area contributed by atoms with E-state index in [4.69, 9.17) is 28.9 Å². The maximum absolute atomic E-state index is 12.5. The normalized spacial score (nSPS) is 11.9. The van der Waals surface area contributed by atoms with Gasteiger partial charge in [0.05, 0.1) is 15.6 Å². The van der Waals surface area contributed by atoms with Crippen molar-refractivity contribution in [2.75, 3.05) is 6.54 Å². The van der Waals surface area contributed by atoms with Gasteiger partial charge >= 0.3 is 6.18 Å². The molecule has 2 N–H and O–H groups in total. The van der Waals surface area contributed by atoms with Crippen molar-refractivity contribution in [1.82, 2.24) is 0 Å². The van der Waals surface area contributed by atoms with Gasteiger partial charge in [0.15, 0.2) is 0 Å². The molecule has 0 aliphatic heterocycles. The van der Waals surface area contributed by atoms with E-state index in [1.54, 1.807) is 0 Å². The zero-order valence-corrected chi connectivity index (χ0v) is 9.05. The molecule has 0 aromatic heterocycles. The van der Waals surface area contributed by atoms with Crippen LogP contribution < -0.4 is 5.73 Å². The molecule has 0 aliphatic rings. The topological polar surface area (TPSA) is 26.0 Å². The van der Waals surface area contributed by atoms with Gasteiger partial charge in [-0.1, -0.05) is 23.2 Å². The van der Waals surface area contributed by atoms with E-state index in [9.17, 15) is 13.2 Å². The van der Waals surface area contributed by atoms with Crippen molar-refractivity contribution in [3.8, 4) is 0 Å². The van der Waals surface area contributed by atoms with E-state index in [1.807, 2.05) is 0 Å². The highest BCUT2D eigenvalue weighted by Gasteiger charge is 2.34. The third-order valence-electron chi connectivity index (χ3n) is 1.90. The van der Waals surface area contributed by atoms with E-state index in [0.717, 1.165) is 12.1 Å². The summed E-state index contributed by atoms with van der Waals surface area (Å²) >= 11 is 11.3. The number of alkyl halides is 3. The molecule has 0 saturated heterocycles. The zero-order valence-electron chi connectivity index (χ0n) is 7.54. The Balaban J connectivity index is 3.33. The Labute approximate surface area is 95.0 Å². The first kappa shape index (κ1) is 12.6. The fraction of sp³-hybridized carbons (Fsp3) is 0.333. The standard InChI is InChI=1S/C9H8Cl2F3N/c10-7-2-1-6(9(12,13)14)5(3-4-15)8(7)11/h1-2H,3-4,15H2. The Morgan fingerprint density at radius 3 is 2.27 bits per heavy atom. The SMILES string of the molecule is NCCc1c(C(F)(F)F)ccc(Cl)c1Cl. The molecule has 0 bridgehead atoms. The summed E-state index contributed by atoms with van der Waals surface area (Å²) in [6.45, 7) is 0.0865. The first-order chi connectivity index (χ1) is 6.88. The van der Waals surface area contributed by atoms with Crippen LogP contribution in [0.15, 0.2) is 12.1 Å². The Morgan fingerprint density at radius 1 is 1.20 bits per heavy atom. The molecule has 0 fully saturated rings. The fourth-order valence-electron chi connectivity index (χ4n) is 1.25. The number of rotatable bonds is 2. The molecule has 15 heavy (non-hydrogen) atoms. The molecule has 0 saturated carbocycles. The van der Waals surface area contributed by atoms with Crippen LogP contribution in [0.2, 0.25) is 10.0 Å². The van der Waals surface area contributed by atoms with Crippen LogP contribution in [0.5, 0.6) is 0 Å². The van der Waals surface area contributed by atoms with Gasteiger partial charge < -0.3 is 5.73 Å². The molecule has 0 spiro atoms. The minimum Gasteiger partial charge on any atom is -0.330 e. The lowest BCUT2D eigenvalue weighted by Gasteiger charge is -2.14. The average Bonchev–Trinajstić information content (AvgIpc) is 2.11. The second-order valence-corrected chi connectivity index (χ2v) is 3.71. The maximum atomic E-state index is 12.5. The van der Waals surface area contributed by atoms with Crippen LogP contribution >= 0.6 is 23.2 Å². The second-order valence-electron chi connectivity index (χ2n) is 2.92.